The number of carbonyl (C=O) groups is 2. The highest BCUT2D eigenvalue weighted by atomic mass is 16.5. The standard InChI is InChI=1S/C15H26N2O3/c1-3-20-14(18)11-17(13-7-8-13)12(2)15(19)16-9-5-4-6-10-16/h12-13H,3-11H2,1-2H3. The summed E-state index contributed by atoms with van der Waals surface area (Å²) in [6.07, 6.45) is 5.57. The summed E-state index contributed by atoms with van der Waals surface area (Å²) in [5, 5.41) is 0. The summed E-state index contributed by atoms with van der Waals surface area (Å²) in [5.74, 6) is -0.0569. The smallest absolute Gasteiger partial charge is 0.320 e. The lowest BCUT2D eigenvalue weighted by Gasteiger charge is -2.34. The van der Waals surface area contributed by atoms with Crippen LogP contribution < -0.4 is 0 Å². The molecule has 0 aromatic carbocycles. The molecule has 0 bridgehead atoms. The van der Waals surface area contributed by atoms with Crippen LogP contribution in [-0.4, -0.2) is 60.0 Å². The van der Waals surface area contributed by atoms with Crippen LogP contribution in [0, 0.1) is 0 Å². The van der Waals surface area contributed by atoms with Crippen LogP contribution in [0.4, 0.5) is 0 Å². The fourth-order valence-electron chi connectivity index (χ4n) is 2.86. The van der Waals surface area contributed by atoms with Crippen molar-refractivity contribution in [2.75, 3.05) is 26.2 Å². The zero-order valence-corrected chi connectivity index (χ0v) is 12.6. The molecule has 0 radical (unpaired) electrons. The minimum atomic E-state index is -0.224. The van der Waals surface area contributed by atoms with Gasteiger partial charge in [-0.3, -0.25) is 14.5 Å². The topological polar surface area (TPSA) is 49.9 Å². The van der Waals surface area contributed by atoms with E-state index in [-0.39, 0.29) is 24.5 Å². The molecule has 1 aliphatic heterocycles. The largest absolute Gasteiger partial charge is 0.465 e. The SMILES string of the molecule is CCOC(=O)CN(C1CC1)C(C)C(=O)N1CCCCC1. The first-order valence-corrected chi connectivity index (χ1v) is 7.83. The van der Waals surface area contributed by atoms with E-state index in [4.69, 9.17) is 4.74 Å². The Bertz CT molecular complexity index is 349. The van der Waals surface area contributed by atoms with Crippen LogP contribution in [0.2, 0.25) is 0 Å². The third kappa shape index (κ3) is 3.95. The molecule has 114 valence electrons. The molecule has 5 heteroatoms. The van der Waals surface area contributed by atoms with E-state index in [2.05, 4.69) is 0 Å². The van der Waals surface area contributed by atoms with Crippen molar-refractivity contribution in [1.29, 1.82) is 0 Å². The number of nitrogens with zero attached hydrogens (tertiary/aromatic N) is 2. The summed E-state index contributed by atoms with van der Waals surface area (Å²) < 4.78 is 5.02. The van der Waals surface area contributed by atoms with Gasteiger partial charge in [-0.15, -0.1) is 0 Å². The number of likely N-dealkylation sites (tertiary alicyclic amines) is 1. The van der Waals surface area contributed by atoms with Crippen molar-refractivity contribution in [2.24, 2.45) is 0 Å². The van der Waals surface area contributed by atoms with Gasteiger partial charge in [0.15, 0.2) is 0 Å². The van der Waals surface area contributed by atoms with Gasteiger partial charge in [-0.2, -0.15) is 0 Å². The minimum absolute atomic E-state index is 0.167. The lowest BCUT2D eigenvalue weighted by Crippen LogP contribution is -2.51. The molecule has 5 nitrogen and oxygen atoms in total. The van der Waals surface area contributed by atoms with Gasteiger partial charge in [0.25, 0.3) is 0 Å². The summed E-state index contributed by atoms with van der Waals surface area (Å²) in [6.45, 7) is 6.09. The van der Waals surface area contributed by atoms with Crippen LogP contribution in [0.5, 0.6) is 0 Å². The van der Waals surface area contributed by atoms with Gasteiger partial charge >= 0.3 is 5.97 Å². The van der Waals surface area contributed by atoms with Gasteiger partial charge in [0.2, 0.25) is 5.91 Å². The molecule has 1 saturated carbocycles. The van der Waals surface area contributed by atoms with E-state index in [1.807, 2.05) is 23.6 Å². The Labute approximate surface area is 121 Å². The Morgan fingerprint density at radius 2 is 1.90 bits per heavy atom. The van der Waals surface area contributed by atoms with Crippen molar-refractivity contribution in [1.82, 2.24) is 9.80 Å². The van der Waals surface area contributed by atoms with E-state index in [0.29, 0.717) is 12.6 Å². The fourth-order valence-corrected chi connectivity index (χ4v) is 2.86. The van der Waals surface area contributed by atoms with E-state index in [1.165, 1.54) is 6.42 Å². The number of ether oxygens (including phenoxy) is 1. The Balaban J connectivity index is 1.93. The van der Waals surface area contributed by atoms with Gasteiger partial charge in [0, 0.05) is 19.1 Å². The van der Waals surface area contributed by atoms with Gasteiger partial charge in [-0.05, 0) is 46.0 Å². The third-order valence-electron chi connectivity index (χ3n) is 4.16. The molecule has 1 heterocycles. The Morgan fingerprint density at radius 3 is 2.45 bits per heavy atom. The zero-order chi connectivity index (χ0) is 14.5. The maximum atomic E-state index is 12.5. The predicted octanol–water partition coefficient (Wildman–Crippen LogP) is 1.41. The van der Waals surface area contributed by atoms with E-state index in [9.17, 15) is 9.59 Å². The predicted molar refractivity (Wildman–Crippen MR) is 76.3 cm³/mol. The molecular weight excluding hydrogens is 256 g/mol. The van der Waals surface area contributed by atoms with Crippen molar-refractivity contribution in [3.8, 4) is 0 Å². The average Bonchev–Trinajstić information content (AvgIpc) is 3.29. The number of carbonyl (C=O) groups excluding carboxylic acids is 2. The molecule has 1 unspecified atom stereocenters. The second-order valence-electron chi connectivity index (χ2n) is 5.77. The third-order valence-corrected chi connectivity index (χ3v) is 4.16. The van der Waals surface area contributed by atoms with Gasteiger partial charge in [-0.1, -0.05) is 0 Å². The first-order chi connectivity index (χ1) is 9.63. The summed E-state index contributed by atoms with van der Waals surface area (Å²) in [7, 11) is 0. The summed E-state index contributed by atoms with van der Waals surface area (Å²) in [4.78, 5) is 28.2. The average molecular weight is 282 g/mol. The number of piperidine rings is 1. The number of rotatable bonds is 6. The molecule has 0 aromatic heterocycles. The molecule has 0 aromatic rings. The molecule has 1 aliphatic carbocycles. The number of hydrogen-bond acceptors (Lipinski definition) is 4. The molecule has 2 fully saturated rings. The van der Waals surface area contributed by atoms with Gasteiger partial charge in [-0.25, -0.2) is 0 Å². The number of hydrogen-bond donors (Lipinski definition) is 0. The van der Waals surface area contributed by atoms with Crippen LogP contribution in [0.15, 0.2) is 0 Å². The fraction of sp³-hybridized carbons (Fsp3) is 0.867. The maximum absolute atomic E-state index is 12.5. The zero-order valence-electron chi connectivity index (χ0n) is 12.6. The van der Waals surface area contributed by atoms with Crippen molar-refractivity contribution in [2.45, 2.75) is 58.0 Å². The van der Waals surface area contributed by atoms with Crippen LogP contribution in [0.1, 0.15) is 46.0 Å². The minimum Gasteiger partial charge on any atom is -0.465 e. The van der Waals surface area contributed by atoms with Crippen LogP contribution in [0.3, 0.4) is 0 Å². The lowest BCUT2D eigenvalue weighted by molar-refractivity contribution is -0.147. The van der Waals surface area contributed by atoms with E-state index in [0.717, 1.165) is 38.8 Å². The molecular formula is C15H26N2O3. The number of esters is 1. The van der Waals surface area contributed by atoms with Gasteiger partial charge in [0.05, 0.1) is 19.2 Å². The molecule has 2 rings (SSSR count). The molecule has 0 spiro atoms. The van der Waals surface area contributed by atoms with E-state index in [1.54, 1.807) is 0 Å². The highest BCUT2D eigenvalue weighted by molar-refractivity contribution is 5.82. The van der Waals surface area contributed by atoms with Crippen LogP contribution >= 0.6 is 0 Å². The normalized spacial score (nSPS) is 20.9. The lowest BCUT2D eigenvalue weighted by atomic mass is 10.1. The molecule has 0 N–H and O–H groups in total. The monoisotopic (exact) mass is 282 g/mol. The van der Waals surface area contributed by atoms with E-state index < -0.39 is 0 Å². The van der Waals surface area contributed by atoms with Gasteiger partial charge in [0.1, 0.15) is 0 Å². The number of amides is 1. The first kappa shape index (κ1) is 15.3. The maximum Gasteiger partial charge on any atom is 0.320 e. The molecule has 2 aliphatic rings. The molecule has 1 atom stereocenters. The summed E-state index contributed by atoms with van der Waals surface area (Å²) in [5.41, 5.74) is 0. The Kier molecular flexibility index (Phi) is 5.40. The van der Waals surface area contributed by atoms with Crippen molar-refractivity contribution < 1.29 is 14.3 Å². The van der Waals surface area contributed by atoms with Crippen LogP contribution in [-0.2, 0) is 14.3 Å². The first-order valence-electron chi connectivity index (χ1n) is 7.83. The molecule has 1 amide bonds. The Morgan fingerprint density at radius 1 is 1.25 bits per heavy atom. The summed E-state index contributed by atoms with van der Waals surface area (Å²) in [6, 6.07) is 0.160. The summed E-state index contributed by atoms with van der Waals surface area (Å²) >= 11 is 0. The molecule has 1 saturated heterocycles. The second kappa shape index (κ2) is 7.07. The highest BCUT2D eigenvalue weighted by Gasteiger charge is 2.37. The second-order valence-corrected chi connectivity index (χ2v) is 5.77. The van der Waals surface area contributed by atoms with Crippen LogP contribution in [0.25, 0.3) is 0 Å². The van der Waals surface area contributed by atoms with Crippen molar-refractivity contribution in [3.05, 3.63) is 0 Å². The van der Waals surface area contributed by atoms with Crippen molar-refractivity contribution >= 4 is 11.9 Å². The van der Waals surface area contributed by atoms with E-state index >= 15 is 0 Å². The highest BCUT2D eigenvalue weighted by Crippen LogP contribution is 2.29. The van der Waals surface area contributed by atoms with Gasteiger partial charge < -0.3 is 9.64 Å². The Hall–Kier alpha value is -1.10. The quantitative estimate of drug-likeness (QED) is 0.691. The van der Waals surface area contributed by atoms with Crippen molar-refractivity contribution in [3.63, 3.8) is 0 Å². The molecule has 20 heavy (non-hydrogen) atoms.